The third-order valence-corrected chi connectivity index (χ3v) is 5.77. The van der Waals surface area contributed by atoms with Crippen LogP contribution in [-0.4, -0.2) is 79.3 Å². The van der Waals surface area contributed by atoms with Gasteiger partial charge in [-0.05, 0) is 5.92 Å². The normalized spacial score (nSPS) is 10.7. The van der Waals surface area contributed by atoms with E-state index in [2.05, 4.69) is 36.4 Å². The molecule has 0 radical (unpaired) electrons. The summed E-state index contributed by atoms with van der Waals surface area (Å²) < 4.78 is 35.1. The Bertz CT molecular complexity index is 699. The molecule has 0 bridgehead atoms. The number of hydrogen-bond acceptors (Lipinski definition) is 12. The molecule has 0 N–H and O–H groups in total. The summed E-state index contributed by atoms with van der Waals surface area (Å²) in [6.45, 7) is 2.92. The fourth-order valence-corrected chi connectivity index (χ4v) is 4.08. The molecule has 0 spiro atoms. The lowest BCUT2D eigenvalue weighted by Crippen LogP contribution is -2.43. The highest BCUT2D eigenvalue weighted by atomic mass is 16.5. The molecule has 0 unspecified atom stereocenters. The van der Waals surface area contributed by atoms with Crippen molar-refractivity contribution < 1.29 is 28.4 Å². The van der Waals surface area contributed by atoms with Crippen LogP contribution >= 0.6 is 0 Å². The molecular weight excluding hydrogens is 516 g/mol. The monoisotopic (exact) mass is 556 g/mol. The molecule has 12 nitrogen and oxygen atoms in total. The smallest absolute Gasteiger partial charge is 0.0645 e. The third-order valence-electron chi connectivity index (χ3n) is 5.77. The Labute approximate surface area is 238 Å². The summed E-state index contributed by atoms with van der Waals surface area (Å²) in [6, 6.07) is 12.3. The molecule has 0 rings (SSSR count). The Balaban J connectivity index is 6.21. The number of ether oxygens (including phenoxy) is 6. The second-order valence-electron chi connectivity index (χ2n) is 8.76. The molecule has 0 aliphatic heterocycles. The minimum atomic E-state index is -0.245. The maximum Gasteiger partial charge on any atom is 0.0645 e. The highest BCUT2D eigenvalue weighted by molar-refractivity contribution is 4.85. The van der Waals surface area contributed by atoms with Gasteiger partial charge in [-0.1, -0.05) is 0 Å². The van der Waals surface area contributed by atoms with E-state index in [4.69, 9.17) is 60.0 Å². The molecule has 0 heterocycles. The van der Waals surface area contributed by atoms with E-state index in [1.54, 1.807) is 0 Å². The van der Waals surface area contributed by atoms with Crippen molar-refractivity contribution in [3.63, 3.8) is 0 Å². The van der Waals surface area contributed by atoms with Crippen molar-refractivity contribution in [2.75, 3.05) is 79.3 Å². The average molecular weight is 557 g/mol. The Morgan fingerprint density at radius 2 is 0.500 bits per heavy atom. The van der Waals surface area contributed by atoms with E-state index >= 15 is 0 Å². The van der Waals surface area contributed by atoms with Crippen molar-refractivity contribution in [2.24, 2.45) is 23.7 Å². The van der Waals surface area contributed by atoms with Crippen molar-refractivity contribution in [2.45, 2.75) is 38.5 Å². The van der Waals surface area contributed by atoms with Gasteiger partial charge < -0.3 is 28.4 Å². The lowest BCUT2D eigenvalue weighted by Gasteiger charge is -2.39. The van der Waals surface area contributed by atoms with E-state index in [1.165, 1.54) is 0 Å². The predicted octanol–water partition coefficient (Wildman–Crippen LogP) is 3.03. The quantitative estimate of drug-likeness (QED) is 0.134. The molecule has 0 aromatic rings. The lowest BCUT2D eigenvalue weighted by molar-refractivity contribution is -0.0826. The highest BCUT2D eigenvalue weighted by Gasteiger charge is 2.37. The zero-order valence-electron chi connectivity index (χ0n) is 23.2. The second-order valence-corrected chi connectivity index (χ2v) is 8.76. The van der Waals surface area contributed by atoms with Gasteiger partial charge in [0, 0.05) is 17.8 Å². The van der Waals surface area contributed by atoms with Gasteiger partial charge in [0.15, 0.2) is 0 Å². The van der Waals surface area contributed by atoms with Gasteiger partial charge in [0.1, 0.15) is 0 Å². The van der Waals surface area contributed by atoms with Crippen LogP contribution in [0, 0.1) is 91.7 Å². The highest BCUT2D eigenvalue weighted by Crippen LogP contribution is 2.32. The zero-order valence-corrected chi connectivity index (χ0v) is 23.2. The van der Waals surface area contributed by atoms with Gasteiger partial charge in [-0.15, -0.1) is 0 Å². The van der Waals surface area contributed by atoms with Crippen molar-refractivity contribution in [3.8, 4) is 36.4 Å². The minimum absolute atomic E-state index is 0.225. The first-order valence-electron chi connectivity index (χ1n) is 13.4. The van der Waals surface area contributed by atoms with Crippen molar-refractivity contribution in [3.05, 3.63) is 0 Å². The van der Waals surface area contributed by atoms with Gasteiger partial charge in [0.05, 0.1) is 154 Å². The Kier molecular flexibility index (Phi) is 26.3. The topological polar surface area (TPSA) is 198 Å². The van der Waals surface area contributed by atoms with Gasteiger partial charge in [-0.2, -0.15) is 31.6 Å². The van der Waals surface area contributed by atoms with E-state index in [0.717, 1.165) is 0 Å². The summed E-state index contributed by atoms with van der Waals surface area (Å²) in [4.78, 5) is 0. The molecule has 218 valence electrons. The van der Waals surface area contributed by atoms with E-state index in [9.17, 15) is 0 Å². The molecule has 0 aromatic heterocycles. The van der Waals surface area contributed by atoms with Crippen LogP contribution in [0.4, 0.5) is 0 Å². The molecule has 0 aliphatic carbocycles. The molecule has 0 aliphatic rings. The summed E-state index contributed by atoms with van der Waals surface area (Å²) in [6.07, 6.45) is 1.35. The number of nitrogens with zero attached hydrogens (tertiary/aromatic N) is 6. The van der Waals surface area contributed by atoms with Crippen molar-refractivity contribution in [1.29, 1.82) is 31.6 Å². The van der Waals surface area contributed by atoms with Crippen LogP contribution in [0.15, 0.2) is 0 Å². The third kappa shape index (κ3) is 19.7. The second kappa shape index (κ2) is 28.7. The minimum Gasteiger partial charge on any atom is -0.380 e. The van der Waals surface area contributed by atoms with Crippen LogP contribution in [0.2, 0.25) is 0 Å². The molecule has 0 aromatic carbocycles. The zero-order chi connectivity index (χ0) is 29.5. The summed E-state index contributed by atoms with van der Waals surface area (Å²) in [5.74, 6) is -0.973. The van der Waals surface area contributed by atoms with Crippen LogP contribution in [0.1, 0.15) is 38.5 Å². The molecule has 0 saturated heterocycles. The standard InChI is InChI=1S/C28H40N6O6/c29-7-1-13-35-19-25(20-36-14-2-8-30)28(26(21-37-15-3-9-31)22-38-16-4-10-32)27(23-39-17-5-11-33)24-40-18-6-12-34/h25-28H,1-6,13-24H2. The van der Waals surface area contributed by atoms with Crippen LogP contribution in [0.25, 0.3) is 0 Å². The molecule has 12 heteroatoms. The summed E-state index contributed by atoms with van der Waals surface area (Å²) >= 11 is 0. The summed E-state index contributed by atoms with van der Waals surface area (Å²) in [5.41, 5.74) is 0. The maximum atomic E-state index is 8.94. The number of hydrogen-bond donors (Lipinski definition) is 0. The van der Waals surface area contributed by atoms with E-state index < -0.39 is 0 Å². The Morgan fingerprint density at radius 3 is 0.650 bits per heavy atom. The fraction of sp³-hybridized carbons (Fsp3) is 0.786. The van der Waals surface area contributed by atoms with Gasteiger partial charge in [-0.3, -0.25) is 0 Å². The SMILES string of the molecule is N#CCCOCC(COCCC#N)C(C(COCCC#N)COCCC#N)C(COCCC#N)COCCC#N. The average Bonchev–Trinajstić information content (AvgIpc) is 2.96. The number of rotatable bonds is 27. The Morgan fingerprint density at radius 1 is 0.325 bits per heavy atom. The van der Waals surface area contributed by atoms with Gasteiger partial charge in [0.25, 0.3) is 0 Å². The summed E-state index contributed by atoms with van der Waals surface area (Å²) in [7, 11) is 0. The lowest BCUT2D eigenvalue weighted by atomic mass is 9.74. The molecular formula is C28H40N6O6. The predicted molar refractivity (Wildman–Crippen MR) is 140 cm³/mol. The Hall–Kier alpha value is -3.30. The molecule has 0 saturated carbocycles. The van der Waals surface area contributed by atoms with Gasteiger partial charge in [-0.25, -0.2) is 0 Å². The first-order valence-corrected chi connectivity index (χ1v) is 13.4. The van der Waals surface area contributed by atoms with Crippen LogP contribution in [0.3, 0.4) is 0 Å². The molecule has 0 fully saturated rings. The first-order chi connectivity index (χ1) is 19.7. The fourth-order valence-electron chi connectivity index (χ4n) is 4.08. The van der Waals surface area contributed by atoms with E-state index in [0.29, 0.717) is 0 Å². The molecule has 40 heavy (non-hydrogen) atoms. The van der Waals surface area contributed by atoms with Gasteiger partial charge in [0.2, 0.25) is 0 Å². The first kappa shape index (κ1) is 36.7. The largest absolute Gasteiger partial charge is 0.380 e. The van der Waals surface area contributed by atoms with Crippen LogP contribution in [-0.2, 0) is 28.4 Å². The van der Waals surface area contributed by atoms with Crippen LogP contribution in [0.5, 0.6) is 0 Å². The van der Waals surface area contributed by atoms with Crippen LogP contribution < -0.4 is 0 Å². The molecule has 0 amide bonds. The van der Waals surface area contributed by atoms with E-state index in [1.807, 2.05) is 0 Å². The number of nitriles is 6. The maximum absolute atomic E-state index is 8.94. The van der Waals surface area contributed by atoms with Gasteiger partial charge >= 0.3 is 0 Å². The van der Waals surface area contributed by atoms with E-state index in [-0.39, 0.29) is 141 Å². The van der Waals surface area contributed by atoms with Crippen molar-refractivity contribution in [1.82, 2.24) is 0 Å². The summed E-state index contributed by atoms with van der Waals surface area (Å²) in [5, 5.41) is 53.6. The van der Waals surface area contributed by atoms with Crippen molar-refractivity contribution >= 4 is 0 Å². The molecule has 0 atom stereocenters.